The van der Waals surface area contributed by atoms with Crippen LogP contribution in [0.4, 0.5) is 0 Å². The lowest BCUT2D eigenvalue weighted by Gasteiger charge is -2.26. The number of benzene rings is 1. The van der Waals surface area contributed by atoms with E-state index in [9.17, 15) is 9.90 Å². The number of hydrogen-bond donors (Lipinski definition) is 2. The molecular formula is C16H22N2O3. The van der Waals surface area contributed by atoms with E-state index in [2.05, 4.69) is 4.90 Å². The van der Waals surface area contributed by atoms with Crippen molar-refractivity contribution < 1.29 is 14.6 Å². The highest BCUT2D eigenvalue weighted by molar-refractivity contribution is 5.93. The largest absolute Gasteiger partial charge is 0.457 e. The fourth-order valence-corrected chi connectivity index (χ4v) is 3.45. The Morgan fingerprint density at radius 2 is 2.33 bits per heavy atom. The van der Waals surface area contributed by atoms with Crippen molar-refractivity contribution in [3.8, 4) is 0 Å². The van der Waals surface area contributed by atoms with Crippen LogP contribution in [0.25, 0.3) is 0 Å². The zero-order valence-corrected chi connectivity index (χ0v) is 12.3. The minimum Gasteiger partial charge on any atom is -0.457 e. The first-order valence-corrected chi connectivity index (χ1v) is 7.53. The lowest BCUT2D eigenvalue weighted by molar-refractivity contribution is 0.0535. The van der Waals surface area contributed by atoms with E-state index in [1.54, 1.807) is 6.07 Å². The molecule has 0 aliphatic carbocycles. The summed E-state index contributed by atoms with van der Waals surface area (Å²) >= 11 is 0. The number of β-amino-alcohol motifs (C(OH)–C–C–N with tert-alkyl or cyclic N) is 1. The zero-order valence-electron chi connectivity index (χ0n) is 12.3. The number of rotatable bonds is 4. The molecule has 0 spiro atoms. The Hall–Kier alpha value is -1.43. The first-order valence-electron chi connectivity index (χ1n) is 7.53. The molecule has 2 atom stereocenters. The topological polar surface area (TPSA) is 75.8 Å². The molecule has 0 bridgehead atoms. The number of esters is 1. The van der Waals surface area contributed by atoms with Crippen LogP contribution in [0.15, 0.2) is 12.1 Å². The second-order valence-electron chi connectivity index (χ2n) is 5.92. The Balaban J connectivity index is 1.79. The molecule has 1 unspecified atom stereocenters. The van der Waals surface area contributed by atoms with Crippen LogP contribution in [0.3, 0.4) is 0 Å². The van der Waals surface area contributed by atoms with Gasteiger partial charge < -0.3 is 15.6 Å². The second-order valence-corrected chi connectivity index (χ2v) is 5.92. The standard InChI is InChI=1S/C16H22N2O3/c1-10-12(4-5-13-14(10)9-21-16(13)20)15(19)8-18-6-2-3-11(18)7-17/h4-5,11,15,19H,2-3,6-9,17H2,1H3/t11?,15-/m0/s1. The number of fused-ring (bicyclic) bond motifs is 1. The molecule has 0 saturated carbocycles. The summed E-state index contributed by atoms with van der Waals surface area (Å²) in [5.74, 6) is -0.267. The van der Waals surface area contributed by atoms with Gasteiger partial charge in [-0.3, -0.25) is 4.90 Å². The van der Waals surface area contributed by atoms with Crippen LogP contribution in [0.1, 0.15) is 46.0 Å². The molecule has 1 fully saturated rings. The smallest absolute Gasteiger partial charge is 0.338 e. The van der Waals surface area contributed by atoms with E-state index < -0.39 is 6.10 Å². The average Bonchev–Trinajstić information content (AvgIpc) is 3.06. The van der Waals surface area contributed by atoms with E-state index in [1.165, 1.54) is 0 Å². The highest BCUT2D eigenvalue weighted by Gasteiger charge is 2.29. The average molecular weight is 290 g/mol. The number of aliphatic hydroxyl groups excluding tert-OH is 1. The van der Waals surface area contributed by atoms with Gasteiger partial charge in [-0.2, -0.15) is 0 Å². The fourth-order valence-electron chi connectivity index (χ4n) is 3.45. The summed E-state index contributed by atoms with van der Waals surface area (Å²) in [5.41, 5.74) is 9.17. The predicted octanol–water partition coefficient (Wildman–Crippen LogP) is 1.12. The summed E-state index contributed by atoms with van der Waals surface area (Å²) in [6.45, 7) is 4.48. The number of nitrogens with zero attached hydrogens (tertiary/aromatic N) is 1. The normalized spacial score (nSPS) is 23.2. The molecule has 2 heterocycles. The molecule has 114 valence electrons. The summed E-state index contributed by atoms with van der Waals surface area (Å²) in [7, 11) is 0. The summed E-state index contributed by atoms with van der Waals surface area (Å²) in [5, 5.41) is 10.6. The van der Waals surface area contributed by atoms with Crippen molar-refractivity contribution in [2.24, 2.45) is 5.73 Å². The van der Waals surface area contributed by atoms with E-state index in [1.807, 2.05) is 13.0 Å². The Morgan fingerprint density at radius 1 is 1.52 bits per heavy atom. The number of ether oxygens (including phenoxy) is 1. The number of aliphatic hydroxyl groups is 1. The minimum absolute atomic E-state index is 0.267. The van der Waals surface area contributed by atoms with Gasteiger partial charge in [-0.1, -0.05) is 6.07 Å². The van der Waals surface area contributed by atoms with Crippen molar-refractivity contribution >= 4 is 5.97 Å². The highest BCUT2D eigenvalue weighted by atomic mass is 16.5. The molecule has 3 rings (SSSR count). The maximum absolute atomic E-state index is 11.6. The number of nitrogens with two attached hydrogens (primary N) is 1. The summed E-state index contributed by atoms with van der Waals surface area (Å²) in [6.07, 6.45) is 1.69. The predicted molar refractivity (Wildman–Crippen MR) is 78.9 cm³/mol. The van der Waals surface area contributed by atoms with Crippen LogP contribution in [0, 0.1) is 6.92 Å². The summed E-state index contributed by atoms with van der Waals surface area (Å²) in [6, 6.07) is 3.99. The monoisotopic (exact) mass is 290 g/mol. The summed E-state index contributed by atoms with van der Waals surface area (Å²) < 4.78 is 5.06. The van der Waals surface area contributed by atoms with Gasteiger partial charge >= 0.3 is 5.97 Å². The van der Waals surface area contributed by atoms with Gasteiger partial charge in [-0.25, -0.2) is 4.79 Å². The molecule has 2 aliphatic heterocycles. The van der Waals surface area contributed by atoms with Crippen LogP contribution in [-0.2, 0) is 11.3 Å². The third kappa shape index (κ3) is 2.57. The van der Waals surface area contributed by atoms with Gasteiger partial charge in [0.2, 0.25) is 0 Å². The van der Waals surface area contributed by atoms with Gasteiger partial charge in [0.15, 0.2) is 0 Å². The Morgan fingerprint density at radius 3 is 3.10 bits per heavy atom. The maximum Gasteiger partial charge on any atom is 0.338 e. The minimum atomic E-state index is -0.557. The third-order valence-electron chi connectivity index (χ3n) is 4.75. The van der Waals surface area contributed by atoms with Crippen molar-refractivity contribution in [2.75, 3.05) is 19.6 Å². The maximum atomic E-state index is 11.6. The molecule has 5 nitrogen and oxygen atoms in total. The van der Waals surface area contributed by atoms with Gasteiger partial charge in [-0.15, -0.1) is 0 Å². The van der Waals surface area contributed by atoms with Gasteiger partial charge in [-0.05, 0) is 43.5 Å². The molecule has 1 saturated heterocycles. The lowest BCUT2D eigenvalue weighted by Crippen LogP contribution is -2.38. The van der Waals surface area contributed by atoms with Crippen LogP contribution in [-0.4, -0.2) is 41.7 Å². The molecule has 0 amide bonds. The molecule has 21 heavy (non-hydrogen) atoms. The lowest BCUT2D eigenvalue weighted by atomic mass is 9.95. The Labute approximate surface area is 124 Å². The van der Waals surface area contributed by atoms with Crippen molar-refractivity contribution in [3.63, 3.8) is 0 Å². The van der Waals surface area contributed by atoms with Gasteiger partial charge in [0.25, 0.3) is 0 Å². The molecule has 5 heteroatoms. The van der Waals surface area contributed by atoms with E-state index in [-0.39, 0.29) is 5.97 Å². The van der Waals surface area contributed by atoms with E-state index in [0.717, 1.165) is 36.1 Å². The second kappa shape index (κ2) is 5.75. The molecule has 1 aromatic rings. The quantitative estimate of drug-likeness (QED) is 0.813. The molecule has 0 radical (unpaired) electrons. The van der Waals surface area contributed by atoms with Gasteiger partial charge in [0, 0.05) is 24.7 Å². The van der Waals surface area contributed by atoms with E-state index >= 15 is 0 Å². The number of carbonyl (C=O) groups excluding carboxylic acids is 1. The van der Waals surface area contributed by atoms with Crippen molar-refractivity contribution in [1.29, 1.82) is 0 Å². The SMILES string of the molecule is Cc1c([C@@H](O)CN2CCCC2CN)ccc2c1COC2=O. The first-order chi connectivity index (χ1) is 10.1. The van der Waals surface area contributed by atoms with Gasteiger partial charge in [0.05, 0.1) is 11.7 Å². The number of cyclic esters (lactones) is 1. The number of carbonyl (C=O) groups is 1. The van der Waals surface area contributed by atoms with Crippen LogP contribution < -0.4 is 5.73 Å². The number of likely N-dealkylation sites (tertiary alicyclic amines) is 1. The van der Waals surface area contributed by atoms with Crippen LogP contribution in [0.5, 0.6) is 0 Å². The number of hydrogen-bond acceptors (Lipinski definition) is 5. The first kappa shape index (κ1) is 14.5. The molecule has 3 N–H and O–H groups in total. The van der Waals surface area contributed by atoms with Crippen LogP contribution in [0.2, 0.25) is 0 Å². The van der Waals surface area contributed by atoms with E-state index in [0.29, 0.717) is 31.3 Å². The molecule has 0 aromatic heterocycles. The fraction of sp³-hybridized carbons (Fsp3) is 0.562. The summed E-state index contributed by atoms with van der Waals surface area (Å²) in [4.78, 5) is 13.8. The van der Waals surface area contributed by atoms with Crippen molar-refractivity contribution in [2.45, 2.75) is 38.5 Å². The third-order valence-corrected chi connectivity index (χ3v) is 4.75. The highest BCUT2D eigenvalue weighted by Crippen LogP contribution is 2.30. The van der Waals surface area contributed by atoms with Crippen molar-refractivity contribution in [3.05, 3.63) is 34.4 Å². The van der Waals surface area contributed by atoms with E-state index in [4.69, 9.17) is 10.5 Å². The molecule has 2 aliphatic rings. The Kier molecular flexibility index (Phi) is 3.97. The molecule has 1 aromatic carbocycles. The zero-order chi connectivity index (χ0) is 15.0. The Bertz CT molecular complexity index is 559. The van der Waals surface area contributed by atoms with Gasteiger partial charge in [0.1, 0.15) is 6.61 Å². The molecular weight excluding hydrogens is 268 g/mol. The van der Waals surface area contributed by atoms with Crippen LogP contribution >= 0.6 is 0 Å². The van der Waals surface area contributed by atoms with Crippen molar-refractivity contribution in [1.82, 2.24) is 4.90 Å².